The van der Waals surface area contributed by atoms with Crippen molar-refractivity contribution in [2.45, 2.75) is 29.6 Å². The quantitative estimate of drug-likeness (QED) is 0.525. The van der Waals surface area contributed by atoms with Crippen LogP contribution in [0.3, 0.4) is 0 Å². The van der Waals surface area contributed by atoms with E-state index in [1.54, 1.807) is 48.5 Å². The largest absolute Gasteiger partial charge is 0.351 e. The number of fused-ring (bicyclic) bond motifs is 1. The molecule has 0 spiro atoms. The van der Waals surface area contributed by atoms with E-state index in [4.69, 9.17) is 16.1 Å². The molecule has 0 saturated heterocycles. The minimum absolute atomic E-state index is 0.0926. The molecule has 0 saturated carbocycles. The Bertz CT molecular complexity index is 1210. The van der Waals surface area contributed by atoms with Crippen molar-refractivity contribution in [1.82, 2.24) is 15.1 Å². The number of hydrogen-bond donors (Lipinski definition) is 1. The lowest BCUT2D eigenvalue weighted by molar-refractivity contribution is 0.377. The molecule has 27 heavy (non-hydrogen) atoms. The summed E-state index contributed by atoms with van der Waals surface area (Å²) in [6.45, 7) is 2.00. The maximum atomic E-state index is 13.4. The highest BCUT2D eigenvalue weighted by Gasteiger charge is 2.29. The number of hydrogen-bond acceptors (Lipinski definition) is 5. The van der Waals surface area contributed by atoms with E-state index in [0.29, 0.717) is 33.9 Å². The van der Waals surface area contributed by atoms with Gasteiger partial charge in [-0.3, -0.25) is 0 Å². The molecule has 0 aliphatic carbocycles. The molecular weight excluding hydrogens is 386 g/mol. The Kier molecular flexibility index (Phi) is 4.49. The van der Waals surface area contributed by atoms with Gasteiger partial charge < -0.3 is 9.51 Å². The Morgan fingerprint density at radius 1 is 1.15 bits per heavy atom. The summed E-state index contributed by atoms with van der Waals surface area (Å²) < 4.78 is 32.0. The lowest BCUT2D eigenvalue weighted by Crippen LogP contribution is -2.03. The first-order chi connectivity index (χ1) is 13.0. The zero-order valence-electron chi connectivity index (χ0n) is 14.4. The summed E-state index contributed by atoms with van der Waals surface area (Å²) in [7, 11) is -3.83. The lowest BCUT2D eigenvalue weighted by Gasteiger charge is -2.05. The van der Waals surface area contributed by atoms with E-state index in [0.717, 1.165) is 6.42 Å². The lowest BCUT2D eigenvalue weighted by atomic mass is 10.2. The Morgan fingerprint density at radius 3 is 2.67 bits per heavy atom. The zero-order valence-corrected chi connectivity index (χ0v) is 16.0. The number of aryl methyl sites for hydroxylation is 1. The van der Waals surface area contributed by atoms with Crippen molar-refractivity contribution in [1.29, 1.82) is 0 Å². The van der Waals surface area contributed by atoms with Gasteiger partial charge >= 0.3 is 0 Å². The van der Waals surface area contributed by atoms with Gasteiger partial charge in [0.15, 0.2) is 0 Å². The van der Waals surface area contributed by atoms with Gasteiger partial charge in [0.25, 0.3) is 0 Å². The summed E-state index contributed by atoms with van der Waals surface area (Å²) in [6.07, 6.45) is 1.47. The molecule has 2 aromatic heterocycles. The number of nitrogens with zero attached hydrogens (tertiary/aromatic N) is 2. The van der Waals surface area contributed by atoms with E-state index < -0.39 is 9.84 Å². The van der Waals surface area contributed by atoms with Crippen molar-refractivity contribution < 1.29 is 12.9 Å². The van der Waals surface area contributed by atoms with Gasteiger partial charge in [-0.05, 0) is 36.8 Å². The van der Waals surface area contributed by atoms with E-state index in [1.807, 2.05) is 6.92 Å². The molecule has 0 amide bonds. The molecule has 2 heterocycles. The number of nitrogens with one attached hydrogen (secondary N) is 1. The third kappa shape index (κ3) is 3.13. The molecule has 0 aliphatic rings. The summed E-state index contributed by atoms with van der Waals surface area (Å²) in [5.74, 6) is 0.674. The summed E-state index contributed by atoms with van der Waals surface area (Å²) in [6, 6.07) is 13.3. The SMILES string of the molecule is CCCc1nc(-c2[nH]c3ccc(Cl)cc3c2S(=O)(=O)c2ccccc2)no1. The Morgan fingerprint density at radius 2 is 1.93 bits per heavy atom. The van der Waals surface area contributed by atoms with Crippen molar-refractivity contribution >= 4 is 32.3 Å². The highest BCUT2D eigenvalue weighted by atomic mass is 35.5. The fourth-order valence-electron chi connectivity index (χ4n) is 2.97. The molecule has 138 valence electrons. The average molecular weight is 402 g/mol. The van der Waals surface area contributed by atoms with Crippen molar-refractivity contribution in [2.24, 2.45) is 0 Å². The molecule has 0 atom stereocenters. The van der Waals surface area contributed by atoms with Crippen molar-refractivity contribution in [2.75, 3.05) is 0 Å². The Hall–Kier alpha value is -2.64. The third-order valence-electron chi connectivity index (χ3n) is 4.19. The van der Waals surface area contributed by atoms with E-state index in [-0.39, 0.29) is 15.6 Å². The van der Waals surface area contributed by atoms with Gasteiger partial charge in [0, 0.05) is 22.3 Å². The van der Waals surface area contributed by atoms with E-state index >= 15 is 0 Å². The number of H-pyrrole nitrogens is 1. The van der Waals surface area contributed by atoms with Crippen LogP contribution in [0.2, 0.25) is 5.02 Å². The summed E-state index contributed by atoms with van der Waals surface area (Å²) >= 11 is 6.13. The zero-order chi connectivity index (χ0) is 19.0. The van der Waals surface area contributed by atoms with Crippen LogP contribution in [0.4, 0.5) is 0 Å². The van der Waals surface area contributed by atoms with Gasteiger partial charge in [0.05, 0.1) is 4.90 Å². The fourth-order valence-corrected chi connectivity index (χ4v) is 4.76. The van der Waals surface area contributed by atoms with Crippen LogP contribution in [-0.2, 0) is 16.3 Å². The minimum Gasteiger partial charge on any atom is -0.351 e. The Labute approximate surface area is 161 Å². The van der Waals surface area contributed by atoms with Gasteiger partial charge in [0.1, 0.15) is 10.6 Å². The molecule has 0 radical (unpaired) electrons. The third-order valence-corrected chi connectivity index (χ3v) is 6.28. The molecular formula is C19H16ClN3O3S. The number of benzene rings is 2. The van der Waals surface area contributed by atoms with Crippen LogP contribution in [0.25, 0.3) is 22.4 Å². The fraction of sp³-hybridized carbons (Fsp3) is 0.158. The summed E-state index contributed by atoms with van der Waals surface area (Å²) in [4.78, 5) is 7.74. The molecule has 0 fully saturated rings. The topological polar surface area (TPSA) is 88.9 Å². The maximum Gasteiger partial charge on any atom is 0.226 e. The first kappa shape index (κ1) is 17.8. The normalized spacial score (nSPS) is 11.9. The second-order valence-electron chi connectivity index (χ2n) is 6.10. The second-order valence-corrected chi connectivity index (χ2v) is 8.42. The molecule has 1 N–H and O–H groups in total. The highest BCUT2D eigenvalue weighted by Crippen LogP contribution is 2.37. The number of rotatable bonds is 5. The second kappa shape index (κ2) is 6.83. The first-order valence-corrected chi connectivity index (χ1v) is 10.3. The monoisotopic (exact) mass is 401 g/mol. The smallest absolute Gasteiger partial charge is 0.226 e. The van der Waals surface area contributed by atoms with E-state index in [9.17, 15) is 8.42 Å². The number of halogens is 1. The first-order valence-electron chi connectivity index (χ1n) is 8.45. The van der Waals surface area contributed by atoms with Crippen LogP contribution < -0.4 is 0 Å². The molecule has 0 aliphatic heterocycles. The highest BCUT2D eigenvalue weighted by molar-refractivity contribution is 7.91. The number of sulfone groups is 1. The van der Waals surface area contributed by atoms with Crippen LogP contribution in [0, 0.1) is 0 Å². The van der Waals surface area contributed by atoms with Crippen molar-refractivity contribution in [3.05, 3.63) is 59.4 Å². The maximum absolute atomic E-state index is 13.4. The minimum atomic E-state index is -3.83. The molecule has 2 aromatic carbocycles. The number of aromatic nitrogens is 3. The van der Waals surface area contributed by atoms with Gasteiger partial charge in [-0.25, -0.2) is 8.42 Å². The average Bonchev–Trinajstić information content (AvgIpc) is 3.27. The van der Waals surface area contributed by atoms with E-state index in [1.165, 1.54) is 0 Å². The van der Waals surface area contributed by atoms with Gasteiger partial charge in [-0.2, -0.15) is 4.98 Å². The van der Waals surface area contributed by atoms with Gasteiger partial charge in [-0.15, -0.1) is 0 Å². The van der Waals surface area contributed by atoms with Crippen molar-refractivity contribution in [3.8, 4) is 11.5 Å². The molecule has 4 aromatic rings. The van der Waals surface area contributed by atoms with Gasteiger partial charge in [0.2, 0.25) is 21.6 Å². The van der Waals surface area contributed by atoms with Crippen LogP contribution >= 0.6 is 11.6 Å². The van der Waals surface area contributed by atoms with Gasteiger partial charge in [-0.1, -0.05) is 41.9 Å². The number of aromatic amines is 1. The predicted molar refractivity (Wildman–Crippen MR) is 102 cm³/mol. The van der Waals surface area contributed by atoms with E-state index in [2.05, 4.69) is 15.1 Å². The van der Waals surface area contributed by atoms with Crippen LogP contribution in [0.1, 0.15) is 19.2 Å². The molecule has 0 unspecified atom stereocenters. The van der Waals surface area contributed by atoms with Crippen LogP contribution in [-0.4, -0.2) is 23.5 Å². The molecule has 0 bridgehead atoms. The molecule has 4 rings (SSSR count). The van der Waals surface area contributed by atoms with Crippen molar-refractivity contribution in [3.63, 3.8) is 0 Å². The molecule has 8 heteroatoms. The molecule has 6 nitrogen and oxygen atoms in total. The Balaban J connectivity index is 2.01. The standard InChI is InChI=1S/C19H16ClN3O3S/c1-2-6-16-22-19(23-26-16)17-18(14-11-12(20)9-10-15(14)21-17)27(24,25)13-7-4-3-5-8-13/h3-5,7-11,21H,2,6H2,1H3. The van der Waals surface area contributed by atoms with Crippen LogP contribution in [0.15, 0.2) is 62.8 Å². The summed E-state index contributed by atoms with van der Waals surface area (Å²) in [5.41, 5.74) is 0.924. The summed E-state index contributed by atoms with van der Waals surface area (Å²) in [5, 5.41) is 4.91. The predicted octanol–water partition coefficient (Wildman–Crippen LogP) is 4.66. The van der Waals surface area contributed by atoms with Crippen LogP contribution in [0.5, 0.6) is 0 Å².